The summed E-state index contributed by atoms with van der Waals surface area (Å²) in [6.45, 7) is 0.868. The van der Waals surface area contributed by atoms with E-state index in [1.807, 2.05) is 0 Å². The molecular weight excluding hydrogens is 236 g/mol. The van der Waals surface area contributed by atoms with Crippen LogP contribution in [0.15, 0.2) is 29.2 Å². The number of hydrogen-bond donors (Lipinski definition) is 0. The zero-order valence-electron chi connectivity index (χ0n) is 8.23. The minimum atomic E-state index is -2.43. The van der Waals surface area contributed by atoms with Crippen molar-refractivity contribution in [1.82, 2.24) is 0 Å². The van der Waals surface area contributed by atoms with E-state index in [0.29, 0.717) is 35.5 Å². The zero-order chi connectivity index (χ0) is 11.5. The fourth-order valence-electron chi connectivity index (χ4n) is 1.44. The first-order valence-electron chi connectivity index (χ1n) is 4.66. The van der Waals surface area contributed by atoms with Gasteiger partial charge < -0.3 is 4.74 Å². The molecule has 6 heteroatoms. The number of carbonyl (C=O) groups excluding carboxylic acids is 1. The van der Waals surface area contributed by atoms with Gasteiger partial charge in [-0.15, -0.1) is 0 Å². The van der Waals surface area contributed by atoms with Crippen LogP contribution in [0.5, 0.6) is 0 Å². The van der Waals surface area contributed by atoms with E-state index in [0.717, 1.165) is 0 Å². The Kier molecular flexibility index (Phi) is 3.28. The highest BCUT2D eigenvalue weighted by Gasteiger charge is 2.23. The van der Waals surface area contributed by atoms with Gasteiger partial charge in [0.15, 0.2) is 0 Å². The van der Waals surface area contributed by atoms with Crippen molar-refractivity contribution < 1.29 is 18.3 Å². The molecule has 1 aliphatic rings. The zero-order valence-corrected chi connectivity index (χ0v) is 9.05. The highest BCUT2D eigenvalue weighted by Crippen LogP contribution is 2.27. The van der Waals surface area contributed by atoms with Gasteiger partial charge in [-0.05, 0) is 24.3 Å². The molecule has 1 saturated heterocycles. The van der Waals surface area contributed by atoms with Gasteiger partial charge in [0.1, 0.15) is 6.61 Å². The van der Waals surface area contributed by atoms with E-state index < -0.39 is 11.9 Å². The van der Waals surface area contributed by atoms with E-state index in [4.69, 9.17) is 4.74 Å². The van der Waals surface area contributed by atoms with Gasteiger partial charge in [0, 0.05) is 10.6 Å². The van der Waals surface area contributed by atoms with Gasteiger partial charge >= 0.3 is 6.09 Å². The molecule has 1 aromatic rings. The number of cyclic esters (lactones) is 1. The standard InChI is InChI=1S/C10H9F2NO2S/c11-9(12)16-8-3-1-7(2-4-8)13-5-6-15-10(13)14/h1-4,9H,5-6H2. The van der Waals surface area contributed by atoms with Crippen LogP contribution in [0.3, 0.4) is 0 Å². The van der Waals surface area contributed by atoms with Gasteiger partial charge in [-0.3, -0.25) is 4.90 Å². The van der Waals surface area contributed by atoms with E-state index >= 15 is 0 Å². The number of ether oxygens (including phenoxy) is 1. The molecule has 86 valence electrons. The van der Waals surface area contributed by atoms with Crippen molar-refractivity contribution in [2.45, 2.75) is 10.7 Å². The quantitative estimate of drug-likeness (QED) is 0.767. The number of hydrogen-bond acceptors (Lipinski definition) is 3. The van der Waals surface area contributed by atoms with Crippen LogP contribution in [-0.4, -0.2) is 25.0 Å². The summed E-state index contributed by atoms with van der Waals surface area (Å²) in [4.78, 5) is 13.2. The second kappa shape index (κ2) is 4.69. The summed E-state index contributed by atoms with van der Waals surface area (Å²) in [5.74, 6) is -2.43. The fraction of sp³-hybridized carbons (Fsp3) is 0.300. The predicted molar refractivity (Wildman–Crippen MR) is 57.0 cm³/mol. The summed E-state index contributed by atoms with van der Waals surface area (Å²) >= 11 is 0.482. The summed E-state index contributed by atoms with van der Waals surface area (Å²) < 4.78 is 28.9. The van der Waals surface area contributed by atoms with Gasteiger partial charge in [-0.2, -0.15) is 8.78 Å². The van der Waals surface area contributed by atoms with Crippen molar-refractivity contribution in [2.24, 2.45) is 0 Å². The second-order valence-corrected chi connectivity index (χ2v) is 4.20. The Hall–Kier alpha value is -1.30. The summed E-state index contributed by atoms with van der Waals surface area (Å²) in [5.41, 5.74) is 0.668. The SMILES string of the molecule is O=C1OCCN1c1ccc(SC(F)F)cc1. The summed E-state index contributed by atoms with van der Waals surface area (Å²) in [5, 5.41) is 0. The van der Waals surface area contributed by atoms with Crippen LogP contribution in [0, 0.1) is 0 Å². The molecule has 0 bridgehead atoms. The Morgan fingerprint density at radius 2 is 2.00 bits per heavy atom. The lowest BCUT2D eigenvalue weighted by Gasteiger charge is -2.12. The maximum absolute atomic E-state index is 12.1. The Morgan fingerprint density at radius 1 is 1.31 bits per heavy atom. The van der Waals surface area contributed by atoms with E-state index in [1.54, 1.807) is 24.3 Å². The summed E-state index contributed by atoms with van der Waals surface area (Å²) in [7, 11) is 0. The molecule has 1 heterocycles. The maximum atomic E-state index is 12.1. The van der Waals surface area contributed by atoms with Gasteiger partial charge in [0.05, 0.1) is 6.54 Å². The largest absolute Gasteiger partial charge is 0.447 e. The van der Waals surface area contributed by atoms with Crippen molar-refractivity contribution >= 4 is 23.5 Å². The predicted octanol–water partition coefficient (Wildman–Crippen LogP) is 2.96. The first-order chi connectivity index (χ1) is 7.66. The van der Waals surface area contributed by atoms with Crippen LogP contribution in [0.4, 0.5) is 19.3 Å². The smallest absolute Gasteiger partial charge is 0.414 e. The highest BCUT2D eigenvalue weighted by atomic mass is 32.2. The molecule has 0 aliphatic carbocycles. The van der Waals surface area contributed by atoms with Crippen molar-refractivity contribution in [3.05, 3.63) is 24.3 Å². The van der Waals surface area contributed by atoms with E-state index in [2.05, 4.69) is 0 Å². The lowest BCUT2D eigenvalue weighted by atomic mass is 10.3. The third kappa shape index (κ3) is 2.44. The first-order valence-corrected chi connectivity index (χ1v) is 5.54. The molecule has 16 heavy (non-hydrogen) atoms. The number of alkyl halides is 2. The normalized spacial score (nSPS) is 15.7. The van der Waals surface area contributed by atoms with Crippen LogP contribution in [-0.2, 0) is 4.74 Å². The average Bonchev–Trinajstić information content (AvgIpc) is 2.65. The van der Waals surface area contributed by atoms with Gasteiger partial charge in [0.2, 0.25) is 0 Å². The highest BCUT2D eigenvalue weighted by molar-refractivity contribution is 7.99. The number of amides is 1. The van der Waals surface area contributed by atoms with Crippen LogP contribution in [0.2, 0.25) is 0 Å². The molecule has 0 N–H and O–H groups in total. The van der Waals surface area contributed by atoms with Crippen molar-refractivity contribution in [2.75, 3.05) is 18.1 Å². The topological polar surface area (TPSA) is 29.5 Å². The maximum Gasteiger partial charge on any atom is 0.414 e. The third-order valence-electron chi connectivity index (χ3n) is 2.13. The molecular formula is C10H9F2NO2S. The van der Waals surface area contributed by atoms with E-state index in [-0.39, 0.29) is 0 Å². The van der Waals surface area contributed by atoms with Gasteiger partial charge in [0.25, 0.3) is 5.76 Å². The monoisotopic (exact) mass is 245 g/mol. The van der Waals surface area contributed by atoms with E-state index in [9.17, 15) is 13.6 Å². The average molecular weight is 245 g/mol. The van der Waals surface area contributed by atoms with E-state index in [1.165, 1.54) is 4.90 Å². The molecule has 1 amide bonds. The number of nitrogens with zero attached hydrogens (tertiary/aromatic N) is 1. The molecule has 1 fully saturated rings. The first kappa shape index (κ1) is 11.2. The minimum Gasteiger partial charge on any atom is -0.447 e. The number of thioether (sulfide) groups is 1. The number of anilines is 1. The van der Waals surface area contributed by atoms with Crippen molar-refractivity contribution in [1.29, 1.82) is 0 Å². The molecule has 0 spiro atoms. The molecule has 1 aliphatic heterocycles. The number of halogens is 2. The Labute approximate surface area is 95.4 Å². The molecule has 0 radical (unpaired) electrons. The molecule has 0 unspecified atom stereocenters. The minimum absolute atomic E-state index is 0.367. The summed E-state index contributed by atoms with van der Waals surface area (Å²) in [6, 6.07) is 6.41. The Morgan fingerprint density at radius 3 is 2.50 bits per heavy atom. The second-order valence-electron chi connectivity index (χ2n) is 3.14. The lowest BCUT2D eigenvalue weighted by molar-refractivity contribution is 0.181. The molecule has 3 nitrogen and oxygen atoms in total. The van der Waals surface area contributed by atoms with Crippen LogP contribution in [0.1, 0.15) is 0 Å². The molecule has 0 aromatic heterocycles. The fourth-order valence-corrected chi connectivity index (χ4v) is 1.93. The Balaban J connectivity index is 2.09. The lowest BCUT2D eigenvalue weighted by Crippen LogP contribution is -2.23. The van der Waals surface area contributed by atoms with Crippen LogP contribution in [0.25, 0.3) is 0 Å². The number of carbonyl (C=O) groups is 1. The summed E-state index contributed by atoms with van der Waals surface area (Å²) in [6.07, 6.45) is -0.394. The van der Waals surface area contributed by atoms with Crippen LogP contribution >= 0.6 is 11.8 Å². The van der Waals surface area contributed by atoms with Crippen LogP contribution < -0.4 is 4.90 Å². The molecule has 0 saturated carbocycles. The van der Waals surface area contributed by atoms with Crippen molar-refractivity contribution in [3.63, 3.8) is 0 Å². The Bertz CT molecular complexity index is 383. The molecule has 2 rings (SSSR count). The third-order valence-corrected chi connectivity index (χ3v) is 2.86. The van der Waals surface area contributed by atoms with Gasteiger partial charge in [-0.1, -0.05) is 11.8 Å². The van der Waals surface area contributed by atoms with Gasteiger partial charge in [-0.25, -0.2) is 4.79 Å². The molecule has 0 atom stereocenters. The van der Waals surface area contributed by atoms with Crippen molar-refractivity contribution in [3.8, 4) is 0 Å². The molecule has 1 aromatic carbocycles. The number of rotatable bonds is 3. The number of benzene rings is 1.